The van der Waals surface area contributed by atoms with E-state index in [2.05, 4.69) is 51.2 Å². The molecule has 1 atom stereocenters. The summed E-state index contributed by atoms with van der Waals surface area (Å²) in [5, 5.41) is 9.41. The van der Waals surface area contributed by atoms with Crippen LogP contribution in [0, 0.1) is 5.92 Å². The molecule has 2 aromatic rings. The van der Waals surface area contributed by atoms with Gasteiger partial charge in [0.15, 0.2) is 0 Å². The van der Waals surface area contributed by atoms with Gasteiger partial charge < -0.3 is 9.84 Å². The fraction of sp³-hybridized carbons (Fsp3) is 0.421. The van der Waals surface area contributed by atoms with Gasteiger partial charge >= 0.3 is 0 Å². The van der Waals surface area contributed by atoms with Gasteiger partial charge in [0.05, 0.1) is 13.2 Å². The van der Waals surface area contributed by atoms with Gasteiger partial charge in [-0.15, -0.1) is 0 Å². The molecule has 1 unspecified atom stereocenters. The third kappa shape index (κ3) is 3.93. The topological polar surface area (TPSA) is 42.4 Å². The van der Waals surface area contributed by atoms with Crippen LogP contribution < -0.4 is 4.74 Å². The Morgan fingerprint density at radius 1 is 1.30 bits per heavy atom. The van der Waals surface area contributed by atoms with Crippen molar-refractivity contribution < 1.29 is 9.84 Å². The Bertz CT molecular complexity index is 670. The summed E-state index contributed by atoms with van der Waals surface area (Å²) in [6.45, 7) is 2.74. The number of nitrogens with zero attached hydrogens (tertiary/aromatic N) is 1. The molecular formula is C19H22BrNO2. The lowest BCUT2D eigenvalue weighted by atomic mass is 9.82. The molecule has 0 saturated heterocycles. The van der Waals surface area contributed by atoms with Crippen LogP contribution in [0.4, 0.5) is 0 Å². The molecule has 122 valence electrons. The van der Waals surface area contributed by atoms with E-state index in [4.69, 9.17) is 4.74 Å². The number of aryl methyl sites for hydroxylation is 1. The Labute approximate surface area is 145 Å². The van der Waals surface area contributed by atoms with Crippen LogP contribution >= 0.6 is 15.9 Å². The van der Waals surface area contributed by atoms with Crippen LogP contribution in [0.15, 0.2) is 34.9 Å². The highest BCUT2D eigenvalue weighted by Crippen LogP contribution is 2.30. The highest BCUT2D eigenvalue weighted by molar-refractivity contribution is 9.10. The summed E-state index contributed by atoms with van der Waals surface area (Å²) < 4.78 is 6.28. The van der Waals surface area contributed by atoms with Crippen molar-refractivity contribution in [3.8, 4) is 5.75 Å². The molecule has 1 aliphatic rings. The minimum atomic E-state index is 0.0322. The quantitative estimate of drug-likeness (QED) is 0.800. The van der Waals surface area contributed by atoms with Crippen molar-refractivity contribution in [2.24, 2.45) is 5.92 Å². The number of halogens is 1. The van der Waals surface area contributed by atoms with E-state index in [1.54, 1.807) is 0 Å². The van der Waals surface area contributed by atoms with E-state index in [1.165, 1.54) is 16.8 Å². The number of ether oxygens (including phenoxy) is 1. The summed E-state index contributed by atoms with van der Waals surface area (Å²) in [5.41, 5.74) is 4.70. The summed E-state index contributed by atoms with van der Waals surface area (Å²) in [5.74, 6) is 1.57. The Balaban J connectivity index is 1.69. The molecule has 1 aromatic heterocycles. The van der Waals surface area contributed by atoms with Gasteiger partial charge in [-0.1, -0.05) is 12.1 Å². The molecule has 1 aliphatic carbocycles. The van der Waals surface area contributed by atoms with Crippen molar-refractivity contribution in [2.75, 3.05) is 6.61 Å². The molecule has 1 aromatic carbocycles. The van der Waals surface area contributed by atoms with Crippen molar-refractivity contribution in [1.29, 1.82) is 0 Å². The maximum atomic E-state index is 9.41. The van der Waals surface area contributed by atoms with E-state index >= 15 is 0 Å². The van der Waals surface area contributed by atoms with Gasteiger partial charge in [0, 0.05) is 11.3 Å². The molecule has 1 heterocycles. The van der Waals surface area contributed by atoms with Crippen molar-refractivity contribution >= 4 is 15.9 Å². The number of pyridine rings is 1. The first-order chi connectivity index (χ1) is 11.2. The highest BCUT2D eigenvalue weighted by Gasteiger charge is 2.21. The maximum absolute atomic E-state index is 9.41. The molecule has 0 radical (unpaired) electrons. The lowest BCUT2D eigenvalue weighted by Crippen LogP contribution is -2.18. The first kappa shape index (κ1) is 16.5. The van der Waals surface area contributed by atoms with Gasteiger partial charge in [-0.2, -0.15) is 0 Å². The van der Waals surface area contributed by atoms with E-state index in [0.717, 1.165) is 41.6 Å². The van der Waals surface area contributed by atoms with Crippen LogP contribution in [0.25, 0.3) is 0 Å². The molecule has 0 bridgehead atoms. The lowest BCUT2D eigenvalue weighted by molar-refractivity contribution is 0.280. The zero-order valence-corrected chi connectivity index (χ0v) is 15.0. The molecule has 3 rings (SSSR count). The second-order valence-corrected chi connectivity index (χ2v) is 6.84. The number of hydrogen-bond donors (Lipinski definition) is 1. The predicted molar refractivity (Wildman–Crippen MR) is 94.7 cm³/mol. The van der Waals surface area contributed by atoms with E-state index in [1.807, 2.05) is 6.92 Å². The summed E-state index contributed by atoms with van der Waals surface area (Å²) >= 11 is 3.44. The van der Waals surface area contributed by atoms with Gasteiger partial charge in [-0.05, 0) is 83.8 Å². The average Bonchev–Trinajstić information content (AvgIpc) is 2.56. The van der Waals surface area contributed by atoms with Crippen LogP contribution in [0.1, 0.15) is 35.7 Å². The second-order valence-electron chi connectivity index (χ2n) is 6.09. The van der Waals surface area contributed by atoms with Crippen LogP contribution in [-0.2, 0) is 25.9 Å². The van der Waals surface area contributed by atoms with Gasteiger partial charge in [0.25, 0.3) is 0 Å². The molecule has 0 saturated carbocycles. The maximum Gasteiger partial charge on any atom is 0.119 e. The Morgan fingerprint density at radius 3 is 2.78 bits per heavy atom. The van der Waals surface area contributed by atoms with E-state index in [0.29, 0.717) is 12.5 Å². The molecule has 0 spiro atoms. The second kappa shape index (κ2) is 7.45. The molecule has 0 fully saturated rings. The Morgan fingerprint density at radius 2 is 2.09 bits per heavy atom. The number of aliphatic hydroxyl groups is 1. The molecule has 0 aliphatic heterocycles. The molecule has 23 heavy (non-hydrogen) atoms. The summed E-state index contributed by atoms with van der Waals surface area (Å²) in [7, 11) is 0. The van der Waals surface area contributed by atoms with Crippen LogP contribution in [-0.4, -0.2) is 16.7 Å². The monoisotopic (exact) mass is 375 g/mol. The van der Waals surface area contributed by atoms with Crippen LogP contribution in [0.3, 0.4) is 0 Å². The first-order valence-corrected chi connectivity index (χ1v) is 8.98. The Hall–Kier alpha value is -1.39. The Kier molecular flexibility index (Phi) is 5.34. The molecule has 1 N–H and O–H groups in total. The minimum Gasteiger partial charge on any atom is -0.494 e. The van der Waals surface area contributed by atoms with E-state index < -0.39 is 0 Å². The molecule has 3 nitrogen and oxygen atoms in total. The highest BCUT2D eigenvalue weighted by atomic mass is 79.9. The fourth-order valence-corrected chi connectivity index (χ4v) is 3.72. The normalized spacial score (nSPS) is 16.9. The molecule has 0 amide bonds. The fourth-order valence-electron chi connectivity index (χ4n) is 3.27. The predicted octanol–water partition coefficient (Wildman–Crippen LogP) is 4.08. The summed E-state index contributed by atoms with van der Waals surface area (Å²) in [4.78, 5) is 4.60. The number of benzene rings is 1. The van der Waals surface area contributed by atoms with Crippen molar-refractivity contribution in [2.45, 2.75) is 39.2 Å². The van der Waals surface area contributed by atoms with Gasteiger partial charge in [-0.3, -0.25) is 0 Å². The lowest BCUT2D eigenvalue weighted by Gasteiger charge is -2.25. The smallest absolute Gasteiger partial charge is 0.119 e. The molecule has 4 heteroatoms. The average molecular weight is 376 g/mol. The number of hydrogen-bond acceptors (Lipinski definition) is 3. The SMILES string of the molecule is CCOc1ccc(CC2CCc3nc(Br)c(CO)cc3C2)cc1. The van der Waals surface area contributed by atoms with Crippen molar-refractivity contribution in [1.82, 2.24) is 4.98 Å². The van der Waals surface area contributed by atoms with Gasteiger partial charge in [0.1, 0.15) is 10.4 Å². The largest absolute Gasteiger partial charge is 0.494 e. The van der Waals surface area contributed by atoms with Crippen molar-refractivity contribution in [3.63, 3.8) is 0 Å². The number of fused-ring (bicyclic) bond motifs is 1. The minimum absolute atomic E-state index is 0.0322. The third-order valence-corrected chi connectivity index (χ3v) is 5.13. The van der Waals surface area contributed by atoms with Gasteiger partial charge in [0.2, 0.25) is 0 Å². The molecular weight excluding hydrogens is 354 g/mol. The summed E-state index contributed by atoms with van der Waals surface area (Å²) in [6.07, 6.45) is 4.30. The van der Waals surface area contributed by atoms with E-state index in [-0.39, 0.29) is 6.61 Å². The van der Waals surface area contributed by atoms with Crippen LogP contribution in [0.2, 0.25) is 0 Å². The van der Waals surface area contributed by atoms with E-state index in [9.17, 15) is 5.11 Å². The first-order valence-electron chi connectivity index (χ1n) is 8.19. The zero-order chi connectivity index (χ0) is 16.2. The zero-order valence-electron chi connectivity index (χ0n) is 13.4. The number of aliphatic hydroxyl groups excluding tert-OH is 1. The van der Waals surface area contributed by atoms with Gasteiger partial charge in [-0.25, -0.2) is 4.98 Å². The van der Waals surface area contributed by atoms with Crippen molar-refractivity contribution in [3.05, 3.63) is 57.3 Å². The van der Waals surface area contributed by atoms with Crippen LogP contribution in [0.5, 0.6) is 5.75 Å². The number of rotatable bonds is 5. The third-order valence-electron chi connectivity index (χ3n) is 4.44. The summed E-state index contributed by atoms with van der Waals surface area (Å²) in [6, 6.07) is 10.5. The standard InChI is InChI=1S/C19H22BrNO2/c1-2-23-17-6-3-13(4-7-17)9-14-5-8-18-15(10-14)11-16(12-22)19(20)21-18/h3-4,6-7,11,14,22H,2,5,8-10,12H2,1H3. The number of aromatic nitrogens is 1.